The molecule has 0 aliphatic carbocycles. The number of benzene rings is 2. The molecule has 0 bridgehead atoms. The van der Waals surface area contributed by atoms with Crippen molar-refractivity contribution in [3.05, 3.63) is 58.3 Å². The van der Waals surface area contributed by atoms with E-state index in [1.165, 1.54) is 0 Å². The summed E-state index contributed by atoms with van der Waals surface area (Å²) in [5.41, 5.74) is 1.34. The van der Waals surface area contributed by atoms with Crippen LogP contribution in [0.3, 0.4) is 0 Å². The van der Waals surface area contributed by atoms with Crippen molar-refractivity contribution in [2.75, 3.05) is 14.2 Å². The molecule has 3 aromatic rings. The summed E-state index contributed by atoms with van der Waals surface area (Å²) in [6, 6.07) is 12.6. The fraction of sp³-hybridized carbons (Fsp3) is 0.167. The normalized spacial score (nSPS) is 10.4. The number of carbonyl (C=O) groups is 1. The maximum absolute atomic E-state index is 12.4. The summed E-state index contributed by atoms with van der Waals surface area (Å²) in [6.07, 6.45) is 0. The fourth-order valence-electron chi connectivity index (χ4n) is 2.31. The third-order valence-electron chi connectivity index (χ3n) is 3.71. The van der Waals surface area contributed by atoms with Gasteiger partial charge < -0.3 is 14.8 Å². The van der Waals surface area contributed by atoms with Crippen molar-refractivity contribution >= 4 is 21.8 Å². The molecule has 0 unspecified atom stereocenters. The maximum atomic E-state index is 12.4. The number of rotatable bonds is 6. The Bertz CT molecular complexity index is 909. The number of nitrogens with one attached hydrogen (secondary N) is 2. The Balaban J connectivity index is 1.67. The Hall–Kier alpha value is -2.87. The first-order valence-corrected chi connectivity index (χ1v) is 8.57. The van der Waals surface area contributed by atoms with Gasteiger partial charge in [-0.1, -0.05) is 0 Å². The van der Waals surface area contributed by atoms with Crippen LogP contribution < -0.4 is 14.8 Å². The monoisotopic (exact) mass is 416 g/mol. The first-order chi connectivity index (χ1) is 12.6. The highest BCUT2D eigenvalue weighted by atomic mass is 79.9. The van der Waals surface area contributed by atoms with Crippen molar-refractivity contribution in [2.24, 2.45) is 0 Å². The zero-order valence-electron chi connectivity index (χ0n) is 14.2. The predicted molar refractivity (Wildman–Crippen MR) is 100 cm³/mol. The largest absolute Gasteiger partial charge is 0.497 e. The summed E-state index contributed by atoms with van der Waals surface area (Å²) in [5.74, 6) is 2.25. The quantitative estimate of drug-likeness (QED) is 0.643. The number of carbonyl (C=O) groups excluding carboxylic acids is 1. The van der Waals surface area contributed by atoms with Gasteiger partial charge in [0.05, 0.1) is 26.3 Å². The van der Waals surface area contributed by atoms with Crippen LogP contribution in [-0.4, -0.2) is 35.3 Å². The minimum absolute atomic E-state index is 0.228. The fourth-order valence-corrected chi connectivity index (χ4v) is 2.73. The van der Waals surface area contributed by atoms with Crippen LogP contribution in [-0.2, 0) is 6.54 Å². The van der Waals surface area contributed by atoms with Crippen molar-refractivity contribution in [3.63, 3.8) is 0 Å². The molecule has 1 amide bonds. The number of nitrogens with zero attached hydrogens (tertiary/aromatic N) is 2. The van der Waals surface area contributed by atoms with Gasteiger partial charge in [-0.15, -0.1) is 0 Å². The number of aromatic nitrogens is 3. The Labute approximate surface area is 158 Å². The van der Waals surface area contributed by atoms with E-state index in [-0.39, 0.29) is 12.5 Å². The van der Waals surface area contributed by atoms with Crippen LogP contribution in [0.4, 0.5) is 0 Å². The third kappa shape index (κ3) is 4.02. The molecule has 0 fully saturated rings. The smallest absolute Gasteiger partial charge is 0.252 e. The van der Waals surface area contributed by atoms with Crippen LogP contribution in [0.5, 0.6) is 11.5 Å². The second-order valence-corrected chi connectivity index (χ2v) is 6.22. The van der Waals surface area contributed by atoms with E-state index in [2.05, 4.69) is 36.4 Å². The van der Waals surface area contributed by atoms with E-state index in [4.69, 9.17) is 9.47 Å². The molecular weight excluding hydrogens is 400 g/mol. The van der Waals surface area contributed by atoms with E-state index in [1.54, 1.807) is 32.4 Å². The molecule has 1 aromatic heterocycles. The van der Waals surface area contributed by atoms with Crippen molar-refractivity contribution in [3.8, 4) is 22.9 Å². The Morgan fingerprint density at radius 3 is 2.50 bits per heavy atom. The summed E-state index contributed by atoms with van der Waals surface area (Å²) < 4.78 is 11.0. The van der Waals surface area contributed by atoms with Crippen molar-refractivity contribution in [1.29, 1.82) is 0 Å². The highest BCUT2D eigenvalue weighted by Gasteiger charge is 2.13. The number of amides is 1. The van der Waals surface area contributed by atoms with Gasteiger partial charge in [-0.2, -0.15) is 5.10 Å². The van der Waals surface area contributed by atoms with Crippen LogP contribution in [0, 0.1) is 0 Å². The summed E-state index contributed by atoms with van der Waals surface area (Å²) in [5, 5.41) is 9.83. The van der Waals surface area contributed by atoms with Crippen LogP contribution in [0.2, 0.25) is 0 Å². The summed E-state index contributed by atoms with van der Waals surface area (Å²) in [7, 11) is 3.17. The predicted octanol–water partition coefficient (Wildman–Crippen LogP) is 3.18. The van der Waals surface area contributed by atoms with E-state index in [9.17, 15) is 4.79 Å². The third-order valence-corrected chi connectivity index (χ3v) is 4.41. The molecule has 2 N–H and O–H groups in total. The molecule has 0 saturated carbocycles. The molecule has 8 heteroatoms. The van der Waals surface area contributed by atoms with E-state index < -0.39 is 0 Å². The van der Waals surface area contributed by atoms with Gasteiger partial charge in [0.25, 0.3) is 5.91 Å². The van der Waals surface area contributed by atoms with Crippen molar-refractivity contribution in [2.45, 2.75) is 6.54 Å². The second kappa shape index (κ2) is 8.01. The number of aromatic amines is 1. The molecule has 7 nitrogen and oxygen atoms in total. The van der Waals surface area contributed by atoms with Crippen LogP contribution in [0.25, 0.3) is 11.4 Å². The molecule has 0 spiro atoms. The second-order valence-electron chi connectivity index (χ2n) is 5.36. The highest BCUT2D eigenvalue weighted by molar-refractivity contribution is 9.10. The molecule has 134 valence electrons. The van der Waals surface area contributed by atoms with E-state index >= 15 is 0 Å². The standard InChI is InChI=1S/C18H17BrN4O3/c1-25-12-5-3-11(4-6-12)17-21-16(22-23-17)10-20-18(24)14-9-13(26-2)7-8-15(14)19/h3-9H,10H2,1-2H3,(H,20,24)(H,21,22,23). The average Bonchev–Trinajstić information content (AvgIpc) is 3.15. The molecule has 26 heavy (non-hydrogen) atoms. The van der Waals surface area contributed by atoms with Gasteiger partial charge in [-0.3, -0.25) is 9.89 Å². The van der Waals surface area contributed by atoms with Crippen LogP contribution in [0.1, 0.15) is 16.2 Å². The number of hydrogen-bond acceptors (Lipinski definition) is 5. The zero-order chi connectivity index (χ0) is 18.5. The van der Waals surface area contributed by atoms with Gasteiger partial charge in [0.1, 0.15) is 17.3 Å². The summed E-state index contributed by atoms with van der Waals surface area (Å²) in [6.45, 7) is 0.228. The summed E-state index contributed by atoms with van der Waals surface area (Å²) in [4.78, 5) is 16.8. The maximum Gasteiger partial charge on any atom is 0.252 e. The van der Waals surface area contributed by atoms with Crippen LogP contribution >= 0.6 is 15.9 Å². The minimum Gasteiger partial charge on any atom is -0.497 e. The number of halogens is 1. The lowest BCUT2D eigenvalue weighted by molar-refractivity contribution is 0.0949. The molecule has 0 atom stereocenters. The molecule has 0 aliphatic rings. The lowest BCUT2D eigenvalue weighted by Gasteiger charge is -2.07. The molecule has 0 aliphatic heterocycles. The summed E-state index contributed by atoms with van der Waals surface area (Å²) >= 11 is 3.37. The molecule has 2 aromatic carbocycles. The SMILES string of the molecule is COc1ccc(-c2n[nH]c(CNC(=O)c3cc(OC)ccc3Br)n2)cc1. The number of methoxy groups -OCH3 is 2. The van der Waals surface area contributed by atoms with Gasteiger partial charge in [0.2, 0.25) is 0 Å². The number of H-pyrrole nitrogens is 1. The Morgan fingerprint density at radius 1 is 1.12 bits per heavy atom. The van der Waals surface area contributed by atoms with Gasteiger partial charge in [0.15, 0.2) is 5.82 Å². The first kappa shape index (κ1) is 17.9. The lowest BCUT2D eigenvalue weighted by Crippen LogP contribution is -2.23. The molecule has 1 heterocycles. The van der Waals surface area contributed by atoms with E-state index in [1.807, 2.05) is 24.3 Å². The van der Waals surface area contributed by atoms with E-state index in [0.29, 0.717) is 27.4 Å². The highest BCUT2D eigenvalue weighted by Crippen LogP contribution is 2.22. The van der Waals surface area contributed by atoms with Gasteiger partial charge >= 0.3 is 0 Å². The molecular formula is C18H17BrN4O3. The first-order valence-electron chi connectivity index (χ1n) is 7.78. The Morgan fingerprint density at radius 2 is 1.81 bits per heavy atom. The van der Waals surface area contributed by atoms with Gasteiger partial charge in [-0.25, -0.2) is 4.98 Å². The van der Waals surface area contributed by atoms with Crippen molar-refractivity contribution < 1.29 is 14.3 Å². The van der Waals surface area contributed by atoms with Crippen molar-refractivity contribution in [1.82, 2.24) is 20.5 Å². The average molecular weight is 417 g/mol. The number of hydrogen-bond donors (Lipinski definition) is 2. The molecule has 0 saturated heterocycles. The Kier molecular flexibility index (Phi) is 5.52. The van der Waals surface area contributed by atoms with E-state index in [0.717, 1.165) is 11.3 Å². The minimum atomic E-state index is -0.238. The molecule has 0 radical (unpaired) electrons. The van der Waals surface area contributed by atoms with Crippen LogP contribution in [0.15, 0.2) is 46.9 Å². The van der Waals surface area contributed by atoms with Gasteiger partial charge in [-0.05, 0) is 58.4 Å². The number of ether oxygens (including phenoxy) is 2. The lowest BCUT2D eigenvalue weighted by atomic mass is 10.2. The molecule has 3 rings (SSSR count). The topological polar surface area (TPSA) is 89.1 Å². The zero-order valence-corrected chi connectivity index (χ0v) is 15.8. The van der Waals surface area contributed by atoms with Gasteiger partial charge in [0, 0.05) is 10.0 Å².